The quantitative estimate of drug-likeness (QED) is 0.709. The minimum Gasteiger partial charge on any atom is -0.377 e. The highest BCUT2D eigenvalue weighted by molar-refractivity contribution is 5.89. The maximum Gasteiger partial charge on any atom is 0.291 e. The predicted octanol–water partition coefficient (Wildman–Crippen LogP) is 1.76. The number of carbonyl (C=O) groups is 1. The molecule has 1 N–H and O–H groups in total. The summed E-state index contributed by atoms with van der Waals surface area (Å²) in [5.74, 6) is 0.725. The molecular weight excluding hydrogens is 348 g/mol. The number of hydrogen-bond acceptors (Lipinski definition) is 6. The molecule has 0 aliphatic rings. The van der Waals surface area contributed by atoms with E-state index < -0.39 is 0 Å². The van der Waals surface area contributed by atoms with Gasteiger partial charge in [0, 0.05) is 25.4 Å². The van der Waals surface area contributed by atoms with Gasteiger partial charge in [-0.15, -0.1) is 0 Å². The highest BCUT2D eigenvalue weighted by Gasteiger charge is 2.18. The SMILES string of the molecule is COC(C)c1cc2c(=O)n(CC(=O)Nc3ccncn3)nc(C(C)C)n2c1. The second-order valence-electron chi connectivity index (χ2n) is 6.53. The molecule has 3 aromatic heterocycles. The molecule has 0 spiro atoms. The van der Waals surface area contributed by atoms with E-state index in [1.807, 2.05) is 27.0 Å². The summed E-state index contributed by atoms with van der Waals surface area (Å²) >= 11 is 0. The largest absolute Gasteiger partial charge is 0.377 e. The van der Waals surface area contributed by atoms with Crippen molar-refractivity contribution < 1.29 is 9.53 Å². The van der Waals surface area contributed by atoms with Crippen molar-refractivity contribution >= 4 is 17.2 Å². The van der Waals surface area contributed by atoms with Crippen LogP contribution in [0.1, 0.15) is 44.2 Å². The van der Waals surface area contributed by atoms with E-state index in [0.29, 0.717) is 17.2 Å². The van der Waals surface area contributed by atoms with Gasteiger partial charge in [-0.3, -0.25) is 14.0 Å². The zero-order chi connectivity index (χ0) is 19.6. The normalized spacial score (nSPS) is 12.5. The molecule has 3 aromatic rings. The molecule has 3 rings (SSSR count). The Kier molecular flexibility index (Phi) is 5.31. The monoisotopic (exact) mass is 370 g/mol. The van der Waals surface area contributed by atoms with Crippen LogP contribution in [0, 0.1) is 0 Å². The fourth-order valence-electron chi connectivity index (χ4n) is 2.73. The summed E-state index contributed by atoms with van der Waals surface area (Å²) in [6.07, 6.45) is 4.56. The molecule has 0 aliphatic heterocycles. The molecular formula is C18H22N6O3. The first-order chi connectivity index (χ1) is 12.9. The molecule has 0 bridgehead atoms. The lowest BCUT2D eigenvalue weighted by Crippen LogP contribution is -2.32. The lowest BCUT2D eigenvalue weighted by Gasteiger charge is -2.12. The Morgan fingerprint density at radius 1 is 1.33 bits per heavy atom. The number of nitrogens with zero attached hydrogens (tertiary/aromatic N) is 5. The first kappa shape index (κ1) is 18.7. The third-order valence-electron chi connectivity index (χ3n) is 4.25. The number of hydrogen-bond donors (Lipinski definition) is 1. The van der Waals surface area contributed by atoms with Crippen molar-refractivity contribution in [3.05, 3.63) is 52.6 Å². The van der Waals surface area contributed by atoms with E-state index in [2.05, 4.69) is 20.4 Å². The number of carbonyl (C=O) groups excluding carboxylic acids is 1. The minimum atomic E-state index is -0.389. The molecule has 0 radical (unpaired) electrons. The molecule has 1 unspecified atom stereocenters. The molecule has 3 heterocycles. The Morgan fingerprint density at radius 2 is 2.11 bits per heavy atom. The fourth-order valence-corrected chi connectivity index (χ4v) is 2.73. The number of rotatable bonds is 6. The van der Waals surface area contributed by atoms with Crippen LogP contribution in [0.25, 0.3) is 5.52 Å². The molecule has 142 valence electrons. The van der Waals surface area contributed by atoms with Crippen LogP contribution < -0.4 is 10.9 Å². The molecule has 9 heteroatoms. The number of ether oxygens (including phenoxy) is 1. The number of methoxy groups -OCH3 is 1. The van der Waals surface area contributed by atoms with Gasteiger partial charge in [0.05, 0.1) is 6.10 Å². The molecule has 0 saturated heterocycles. The lowest BCUT2D eigenvalue weighted by molar-refractivity contribution is -0.117. The summed E-state index contributed by atoms with van der Waals surface area (Å²) in [6, 6.07) is 3.35. The number of fused-ring (bicyclic) bond motifs is 1. The van der Waals surface area contributed by atoms with Gasteiger partial charge >= 0.3 is 0 Å². The molecule has 0 aromatic carbocycles. The van der Waals surface area contributed by atoms with E-state index in [4.69, 9.17) is 4.74 Å². The smallest absolute Gasteiger partial charge is 0.291 e. The summed E-state index contributed by atoms with van der Waals surface area (Å²) in [7, 11) is 1.62. The maximum atomic E-state index is 12.8. The fraction of sp³-hybridized carbons (Fsp3) is 0.389. The van der Waals surface area contributed by atoms with Crippen molar-refractivity contribution in [2.75, 3.05) is 12.4 Å². The Balaban J connectivity index is 1.99. The van der Waals surface area contributed by atoms with Crippen molar-refractivity contribution in [3.8, 4) is 0 Å². The Hall–Kier alpha value is -3.07. The van der Waals surface area contributed by atoms with Gasteiger partial charge < -0.3 is 10.1 Å². The van der Waals surface area contributed by atoms with E-state index in [0.717, 1.165) is 5.56 Å². The molecule has 1 atom stereocenters. The van der Waals surface area contributed by atoms with Crippen LogP contribution in [-0.2, 0) is 16.1 Å². The van der Waals surface area contributed by atoms with Crippen LogP contribution in [0.5, 0.6) is 0 Å². The Bertz CT molecular complexity index is 1010. The molecule has 9 nitrogen and oxygen atoms in total. The number of anilines is 1. The standard InChI is InChI=1S/C18H22N6O3/c1-11(2)17-22-24(9-16(25)21-15-5-6-19-10-20-15)18(26)14-7-13(8-23(14)17)12(3)27-4/h5-8,10-12H,9H2,1-4H3,(H,19,20,21,25). The number of aromatic nitrogens is 5. The van der Waals surface area contributed by atoms with Crippen LogP contribution in [0.3, 0.4) is 0 Å². The van der Waals surface area contributed by atoms with E-state index in [9.17, 15) is 9.59 Å². The van der Waals surface area contributed by atoms with E-state index in [1.54, 1.807) is 23.6 Å². The van der Waals surface area contributed by atoms with Gasteiger partial charge in [0.25, 0.3) is 5.56 Å². The first-order valence-electron chi connectivity index (χ1n) is 8.62. The van der Waals surface area contributed by atoms with E-state index in [-0.39, 0.29) is 30.0 Å². The van der Waals surface area contributed by atoms with Crippen molar-refractivity contribution in [1.82, 2.24) is 24.1 Å². The van der Waals surface area contributed by atoms with Gasteiger partial charge in [-0.25, -0.2) is 14.6 Å². The topological polar surface area (TPSA) is 103 Å². The second kappa shape index (κ2) is 7.67. The molecule has 27 heavy (non-hydrogen) atoms. The summed E-state index contributed by atoms with van der Waals surface area (Å²) in [6.45, 7) is 5.66. The highest BCUT2D eigenvalue weighted by Crippen LogP contribution is 2.21. The van der Waals surface area contributed by atoms with Crippen LogP contribution >= 0.6 is 0 Å². The minimum absolute atomic E-state index is 0.0578. The van der Waals surface area contributed by atoms with Crippen LogP contribution in [0.4, 0.5) is 5.82 Å². The van der Waals surface area contributed by atoms with Crippen LogP contribution in [0.15, 0.2) is 35.6 Å². The van der Waals surface area contributed by atoms with Crippen molar-refractivity contribution in [2.24, 2.45) is 0 Å². The van der Waals surface area contributed by atoms with Crippen molar-refractivity contribution in [2.45, 2.75) is 39.3 Å². The third-order valence-corrected chi connectivity index (χ3v) is 4.25. The van der Waals surface area contributed by atoms with E-state index >= 15 is 0 Å². The Labute approximate surface area is 156 Å². The van der Waals surface area contributed by atoms with Gasteiger partial charge in [0.1, 0.15) is 30.0 Å². The van der Waals surface area contributed by atoms with Crippen molar-refractivity contribution in [3.63, 3.8) is 0 Å². The summed E-state index contributed by atoms with van der Waals surface area (Å²) in [4.78, 5) is 32.9. The van der Waals surface area contributed by atoms with Gasteiger partial charge in [0.2, 0.25) is 5.91 Å². The van der Waals surface area contributed by atoms with Crippen LogP contribution in [0.2, 0.25) is 0 Å². The van der Waals surface area contributed by atoms with Crippen molar-refractivity contribution in [1.29, 1.82) is 0 Å². The molecule has 0 fully saturated rings. The van der Waals surface area contributed by atoms with Gasteiger partial charge in [-0.05, 0) is 24.6 Å². The summed E-state index contributed by atoms with van der Waals surface area (Å²) in [5, 5.41) is 7.04. The number of amides is 1. The second-order valence-corrected chi connectivity index (χ2v) is 6.53. The highest BCUT2D eigenvalue weighted by atomic mass is 16.5. The van der Waals surface area contributed by atoms with Gasteiger partial charge in [0.15, 0.2) is 0 Å². The first-order valence-corrected chi connectivity index (χ1v) is 8.62. The van der Waals surface area contributed by atoms with Crippen LogP contribution in [-0.4, -0.2) is 37.2 Å². The summed E-state index contributed by atoms with van der Waals surface area (Å²) < 4.78 is 8.31. The number of nitrogens with one attached hydrogen (secondary N) is 1. The zero-order valence-corrected chi connectivity index (χ0v) is 15.7. The maximum absolute atomic E-state index is 12.8. The third kappa shape index (κ3) is 3.87. The zero-order valence-electron chi connectivity index (χ0n) is 15.7. The molecule has 0 saturated carbocycles. The Morgan fingerprint density at radius 3 is 2.74 bits per heavy atom. The van der Waals surface area contributed by atoms with Gasteiger partial charge in [-0.1, -0.05) is 13.8 Å². The van der Waals surface area contributed by atoms with E-state index in [1.165, 1.54) is 17.2 Å². The van der Waals surface area contributed by atoms with Gasteiger partial charge in [-0.2, -0.15) is 5.10 Å². The molecule has 0 aliphatic carbocycles. The predicted molar refractivity (Wildman–Crippen MR) is 99.6 cm³/mol. The summed E-state index contributed by atoms with van der Waals surface area (Å²) in [5.41, 5.74) is 0.996. The average Bonchev–Trinajstić information content (AvgIpc) is 3.09. The molecule has 1 amide bonds. The lowest BCUT2D eigenvalue weighted by atomic mass is 10.2. The average molecular weight is 370 g/mol.